The molecule has 236 valence electrons. The Labute approximate surface area is 271 Å². The van der Waals surface area contributed by atoms with E-state index in [1.54, 1.807) is 49.7 Å². The predicted molar refractivity (Wildman–Crippen MR) is 183 cm³/mol. The number of hydrogen-bond acceptors (Lipinski definition) is 7. The molecule has 6 aromatic rings. The highest BCUT2D eigenvalue weighted by Gasteiger charge is 2.25. The summed E-state index contributed by atoms with van der Waals surface area (Å²) in [5.41, 5.74) is 1.09. The van der Waals surface area contributed by atoms with E-state index in [0.717, 1.165) is 32.3 Å². The fourth-order valence-electron chi connectivity index (χ4n) is 5.01. The summed E-state index contributed by atoms with van der Waals surface area (Å²) in [6.07, 6.45) is -0.407. The molecule has 0 bridgehead atoms. The van der Waals surface area contributed by atoms with Gasteiger partial charge in [-0.15, -0.1) is 0 Å². The highest BCUT2D eigenvalue weighted by molar-refractivity contribution is 5.97. The largest absolute Gasteiger partial charge is 0.478 e. The molecule has 0 aliphatic carbocycles. The van der Waals surface area contributed by atoms with Crippen molar-refractivity contribution >= 4 is 56.4 Å². The molecule has 0 radical (unpaired) electrons. The molecule has 0 amide bonds. The highest BCUT2D eigenvalue weighted by Crippen LogP contribution is 2.19. The first-order valence-electron chi connectivity index (χ1n) is 15.0. The number of aliphatic imine (C=N–C) groups is 1. The molecule has 6 aromatic carbocycles. The minimum absolute atomic E-state index is 0.185. The molecular weight excluding hydrogens is 594 g/mol. The van der Waals surface area contributed by atoms with Gasteiger partial charge in [0.2, 0.25) is 0 Å². The molecule has 0 aliphatic heterocycles. The smallest absolute Gasteiger partial charge is 0.338 e. The summed E-state index contributed by atoms with van der Waals surface area (Å²) >= 11 is 0. The van der Waals surface area contributed by atoms with E-state index in [2.05, 4.69) is 4.99 Å². The lowest BCUT2D eigenvalue weighted by Gasteiger charge is -2.22. The number of rotatable bonds is 9. The molecule has 2 atom stereocenters. The van der Waals surface area contributed by atoms with Crippen LogP contribution in [0.25, 0.3) is 32.3 Å². The zero-order valence-corrected chi connectivity index (χ0v) is 25.7. The molecule has 8 heteroatoms. The van der Waals surface area contributed by atoms with E-state index in [-0.39, 0.29) is 13.0 Å². The lowest BCUT2D eigenvalue weighted by Crippen LogP contribution is -2.36. The summed E-state index contributed by atoms with van der Waals surface area (Å²) in [5.74, 6) is -2.01. The van der Waals surface area contributed by atoms with Crippen molar-refractivity contribution in [2.45, 2.75) is 18.6 Å². The molecule has 0 heterocycles. The van der Waals surface area contributed by atoms with Crippen molar-refractivity contribution in [3.05, 3.63) is 144 Å². The maximum absolute atomic E-state index is 12.8. The normalized spacial score (nSPS) is 12.3. The number of aromatic carboxylic acids is 1. The van der Waals surface area contributed by atoms with Crippen LogP contribution in [0, 0.1) is 0 Å². The Morgan fingerprint density at radius 2 is 1.06 bits per heavy atom. The maximum Gasteiger partial charge on any atom is 0.338 e. The first kappa shape index (κ1) is 32.5. The molecule has 8 nitrogen and oxygen atoms in total. The van der Waals surface area contributed by atoms with Crippen molar-refractivity contribution in [1.29, 1.82) is 0 Å². The van der Waals surface area contributed by atoms with Gasteiger partial charge in [-0.05, 0) is 68.7 Å². The second-order valence-electron chi connectivity index (χ2n) is 10.8. The Morgan fingerprint density at radius 3 is 1.53 bits per heavy atom. The Hall–Kier alpha value is -5.86. The van der Waals surface area contributed by atoms with E-state index in [0.29, 0.717) is 16.7 Å². The number of esters is 2. The average Bonchev–Trinajstić information content (AvgIpc) is 3.11. The molecule has 0 saturated heterocycles. The van der Waals surface area contributed by atoms with Crippen molar-refractivity contribution < 1.29 is 34.1 Å². The van der Waals surface area contributed by atoms with Crippen LogP contribution in [0.1, 0.15) is 37.5 Å². The fourth-order valence-corrected chi connectivity index (χ4v) is 5.01. The standard InChI is InChI=1S/C28H25NO5.C11H8O2/c1-29-15-14-26(34-28(32)24-13-11-20-7-3-5-9-22(20)17-24)25(30)18-33-27(31)23-12-10-19-6-2-4-8-21(19)16-23;12-11(13)10-6-5-8-3-1-2-4-9(8)7-10/h2-13,15-17,25-26,30H,14,18H2,1H3;1-7H,(H,12,13)/t25-,26?;/m0./s1. The van der Waals surface area contributed by atoms with Crippen LogP contribution >= 0.6 is 0 Å². The number of aliphatic hydroxyl groups excluding tert-OH is 1. The van der Waals surface area contributed by atoms with E-state index in [1.165, 1.54) is 0 Å². The monoisotopic (exact) mass is 627 g/mol. The van der Waals surface area contributed by atoms with Gasteiger partial charge in [-0.2, -0.15) is 0 Å². The molecule has 0 fully saturated rings. The number of carboxylic acids is 1. The Kier molecular flexibility index (Phi) is 10.7. The van der Waals surface area contributed by atoms with Crippen LogP contribution < -0.4 is 0 Å². The second kappa shape index (κ2) is 15.4. The quantitative estimate of drug-likeness (QED) is 0.127. The Balaban J connectivity index is 0.000000277. The first-order valence-corrected chi connectivity index (χ1v) is 15.0. The Bertz CT molecular complexity index is 2070. The summed E-state index contributed by atoms with van der Waals surface area (Å²) in [4.78, 5) is 39.9. The van der Waals surface area contributed by atoms with Crippen molar-refractivity contribution in [2.24, 2.45) is 4.99 Å². The third kappa shape index (κ3) is 8.45. The average molecular weight is 628 g/mol. The molecule has 1 unspecified atom stereocenters. The van der Waals surface area contributed by atoms with Gasteiger partial charge in [-0.3, -0.25) is 0 Å². The van der Waals surface area contributed by atoms with Crippen LogP contribution in [-0.4, -0.2) is 60.2 Å². The fraction of sp³-hybridized carbons (Fsp3) is 0.128. The molecule has 47 heavy (non-hydrogen) atoms. The number of hydrogen-bond donors (Lipinski definition) is 2. The van der Waals surface area contributed by atoms with Crippen LogP contribution in [0.15, 0.2) is 132 Å². The van der Waals surface area contributed by atoms with Crippen LogP contribution in [0.3, 0.4) is 0 Å². The lowest BCUT2D eigenvalue weighted by atomic mass is 10.1. The highest BCUT2D eigenvalue weighted by atomic mass is 16.6. The number of aliphatic hydroxyl groups is 1. The summed E-state index contributed by atoms with van der Waals surface area (Å²) in [6, 6.07) is 38.7. The lowest BCUT2D eigenvalue weighted by molar-refractivity contribution is -0.0406. The molecule has 2 N–H and O–H groups in total. The third-order valence-corrected chi connectivity index (χ3v) is 7.56. The van der Waals surface area contributed by atoms with Gasteiger partial charge >= 0.3 is 17.9 Å². The third-order valence-electron chi connectivity index (χ3n) is 7.56. The molecule has 6 rings (SSSR count). The minimum atomic E-state index is -1.22. The predicted octanol–water partition coefficient (Wildman–Crippen LogP) is 7.37. The summed E-state index contributed by atoms with van der Waals surface area (Å²) in [5, 5.41) is 25.3. The van der Waals surface area contributed by atoms with E-state index in [1.807, 2.05) is 91.0 Å². The summed E-state index contributed by atoms with van der Waals surface area (Å²) < 4.78 is 10.9. The van der Waals surface area contributed by atoms with Crippen LogP contribution in [0.2, 0.25) is 0 Å². The van der Waals surface area contributed by atoms with Crippen LogP contribution in [0.5, 0.6) is 0 Å². The van der Waals surface area contributed by atoms with Gasteiger partial charge in [0.15, 0.2) is 0 Å². The molecular formula is C39H33NO7. The SMILES string of the molecule is CN=CCC(OC(=O)c1ccc2ccccc2c1)[C@@H](O)COC(=O)c1ccc2ccccc2c1.O=C(O)c1ccc2ccccc2c1. The van der Waals surface area contributed by atoms with E-state index in [9.17, 15) is 19.5 Å². The van der Waals surface area contributed by atoms with Crippen molar-refractivity contribution in [1.82, 2.24) is 0 Å². The maximum atomic E-state index is 12.8. The molecule has 0 aliphatic rings. The zero-order chi connectivity index (χ0) is 33.2. The van der Waals surface area contributed by atoms with Crippen LogP contribution in [0.4, 0.5) is 0 Å². The number of nitrogens with zero attached hydrogens (tertiary/aromatic N) is 1. The number of carboxylic acid groups (broad SMARTS) is 1. The number of fused-ring (bicyclic) bond motifs is 3. The number of benzene rings is 6. The van der Waals surface area contributed by atoms with Gasteiger partial charge in [0.25, 0.3) is 0 Å². The van der Waals surface area contributed by atoms with E-state index < -0.39 is 30.1 Å². The van der Waals surface area contributed by atoms with Gasteiger partial charge in [0.1, 0.15) is 18.8 Å². The van der Waals surface area contributed by atoms with Crippen LogP contribution in [-0.2, 0) is 9.47 Å². The van der Waals surface area contributed by atoms with E-state index >= 15 is 0 Å². The number of carbonyl (C=O) groups is 3. The molecule has 0 saturated carbocycles. The van der Waals surface area contributed by atoms with Gasteiger partial charge < -0.3 is 24.7 Å². The van der Waals surface area contributed by atoms with Gasteiger partial charge in [-0.1, -0.05) is 91.0 Å². The van der Waals surface area contributed by atoms with Crippen molar-refractivity contribution in [3.63, 3.8) is 0 Å². The van der Waals surface area contributed by atoms with Gasteiger partial charge in [0, 0.05) is 19.7 Å². The van der Waals surface area contributed by atoms with Crippen molar-refractivity contribution in [3.8, 4) is 0 Å². The van der Waals surface area contributed by atoms with Gasteiger partial charge in [0.05, 0.1) is 16.7 Å². The molecule has 0 aromatic heterocycles. The second-order valence-corrected chi connectivity index (χ2v) is 10.8. The first-order chi connectivity index (χ1) is 22.8. The number of ether oxygens (including phenoxy) is 2. The topological polar surface area (TPSA) is 122 Å². The summed E-state index contributed by atoms with van der Waals surface area (Å²) in [7, 11) is 1.59. The minimum Gasteiger partial charge on any atom is -0.478 e. The molecule has 0 spiro atoms. The van der Waals surface area contributed by atoms with Crippen molar-refractivity contribution in [2.75, 3.05) is 13.7 Å². The Morgan fingerprint density at radius 1 is 0.638 bits per heavy atom. The van der Waals surface area contributed by atoms with Gasteiger partial charge in [-0.25, -0.2) is 14.4 Å². The summed E-state index contributed by atoms with van der Waals surface area (Å²) in [6.45, 7) is -0.321. The zero-order valence-electron chi connectivity index (χ0n) is 25.7. The number of carbonyl (C=O) groups excluding carboxylic acids is 2. The van der Waals surface area contributed by atoms with E-state index in [4.69, 9.17) is 14.6 Å².